The first-order valence-corrected chi connectivity index (χ1v) is 12.3. The summed E-state index contributed by atoms with van der Waals surface area (Å²) in [4.78, 5) is 6.99. The molecular weight excluding hydrogens is 480 g/mol. The molecule has 0 aliphatic carbocycles. The SMILES string of the molecule is CCN(C)Cc1ccc(Nc2ccc3c(-c4ccc(C(C)O)c(-n5nc(C#N)cc5C)n4)cnn3c2)nn1. The second kappa shape index (κ2) is 10.4. The van der Waals surface area contributed by atoms with Crippen LogP contribution in [0, 0.1) is 18.3 Å². The van der Waals surface area contributed by atoms with Gasteiger partial charge in [0.2, 0.25) is 0 Å². The molecule has 0 aliphatic rings. The summed E-state index contributed by atoms with van der Waals surface area (Å²) in [6, 6.07) is 15.2. The number of hydrogen-bond acceptors (Lipinski definition) is 9. The molecule has 0 aromatic carbocycles. The van der Waals surface area contributed by atoms with Crippen molar-refractivity contribution < 1.29 is 5.11 Å². The third-order valence-electron chi connectivity index (χ3n) is 6.31. The lowest BCUT2D eigenvalue weighted by atomic mass is 10.1. The second-order valence-electron chi connectivity index (χ2n) is 9.15. The zero-order valence-electron chi connectivity index (χ0n) is 21.7. The number of rotatable bonds is 8. The Morgan fingerprint density at radius 2 is 2.00 bits per heavy atom. The van der Waals surface area contributed by atoms with Crippen LogP contribution in [0.5, 0.6) is 0 Å². The topological polar surface area (TPSA) is 133 Å². The Bertz CT molecular complexity index is 1630. The molecule has 0 amide bonds. The molecule has 5 rings (SSSR count). The number of anilines is 2. The molecule has 5 aromatic rings. The normalized spacial score (nSPS) is 12.1. The summed E-state index contributed by atoms with van der Waals surface area (Å²) >= 11 is 0. The summed E-state index contributed by atoms with van der Waals surface area (Å²) in [5, 5.41) is 40.4. The van der Waals surface area contributed by atoms with Crippen molar-refractivity contribution in [1.82, 2.24) is 39.5 Å². The molecule has 38 heavy (non-hydrogen) atoms. The maximum absolute atomic E-state index is 10.3. The fraction of sp³-hybridized carbons (Fsp3) is 0.259. The van der Waals surface area contributed by atoms with Crippen molar-refractivity contribution >= 4 is 17.0 Å². The van der Waals surface area contributed by atoms with Crippen LogP contribution in [0.2, 0.25) is 0 Å². The molecule has 5 heterocycles. The van der Waals surface area contributed by atoms with E-state index in [0.717, 1.165) is 41.2 Å². The van der Waals surface area contributed by atoms with Crippen LogP contribution in [-0.2, 0) is 6.54 Å². The molecule has 0 fully saturated rings. The van der Waals surface area contributed by atoms with Crippen LogP contribution >= 0.6 is 0 Å². The van der Waals surface area contributed by atoms with E-state index in [9.17, 15) is 10.4 Å². The zero-order chi connectivity index (χ0) is 26.8. The first-order chi connectivity index (χ1) is 18.4. The van der Waals surface area contributed by atoms with E-state index >= 15 is 0 Å². The van der Waals surface area contributed by atoms with Gasteiger partial charge in [0.25, 0.3) is 0 Å². The Morgan fingerprint density at radius 1 is 1.16 bits per heavy atom. The molecule has 192 valence electrons. The predicted molar refractivity (Wildman–Crippen MR) is 143 cm³/mol. The van der Waals surface area contributed by atoms with Gasteiger partial charge in [-0.25, -0.2) is 14.2 Å². The lowest BCUT2D eigenvalue weighted by molar-refractivity contribution is 0.198. The summed E-state index contributed by atoms with van der Waals surface area (Å²) in [5.41, 5.74) is 5.73. The molecular formula is C27H28N10O. The molecule has 5 aromatic heterocycles. The molecule has 11 heteroatoms. The highest BCUT2D eigenvalue weighted by molar-refractivity contribution is 5.79. The lowest BCUT2D eigenvalue weighted by Gasteiger charge is -2.14. The van der Waals surface area contributed by atoms with Gasteiger partial charge in [0.15, 0.2) is 17.3 Å². The van der Waals surface area contributed by atoms with Crippen LogP contribution < -0.4 is 5.32 Å². The van der Waals surface area contributed by atoms with Crippen molar-refractivity contribution in [2.45, 2.75) is 33.4 Å². The molecule has 0 saturated heterocycles. The number of aromatic nitrogens is 7. The maximum atomic E-state index is 10.3. The summed E-state index contributed by atoms with van der Waals surface area (Å²) < 4.78 is 3.36. The van der Waals surface area contributed by atoms with E-state index in [2.05, 4.69) is 43.6 Å². The first-order valence-electron chi connectivity index (χ1n) is 12.3. The van der Waals surface area contributed by atoms with E-state index < -0.39 is 6.10 Å². The number of nitriles is 1. The Morgan fingerprint density at radius 3 is 2.68 bits per heavy atom. The highest BCUT2D eigenvalue weighted by Gasteiger charge is 2.18. The number of aliphatic hydroxyl groups is 1. The first kappa shape index (κ1) is 25.0. The minimum absolute atomic E-state index is 0.287. The van der Waals surface area contributed by atoms with Gasteiger partial charge in [-0.1, -0.05) is 13.0 Å². The van der Waals surface area contributed by atoms with Crippen molar-refractivity contribution in [2.24, 2.45) is 0 Å². The maximum Gasteiger partial charge on any atom is 0.163 e. The highest BCUT2D eigenvalue weighted by Crippen LogP contribution is 2.29. The smallest absolute Gasteiger partial charge is 0.163 e. The van der Waals surface area contributed by atoms with Crippen LogP contribution in [0.25, 0.3) is 22.6 Å². The number of nitrogens with zero attached hydrogens (tertiary/aromatic N) is 9. The van der Waals surface area contributed by atoms with Gasteiger partial charge in [0, 0.05) is 23.4 Å². The summed E-state index contributed by atoms with van der Waals surface area (Å²) in [7, 11) is 2.04. The van der Waals surface area contributed by atoms with E-state index in [0.29, 0.717) is 22.9 Å². The number of nitrogens with one attached hydrogen (secondary N) is 1. The standard InChI is InChI=1S/C27H28N10O/c1-5-35(4)15-20-7-11-26(33-32-20)30-19-6-10-25-23(14-29-36(25)16-19)24-9-8-22(18(3)38)27(31-24)37-17(2)12-21(13-28)34-37/h6-12,14,16,18,38H,5,15H2,1-4H3,(H,30,33). The molecule has 1 unspecified atom stereocenters. The van der Waals surface area contributed by atoms with Gasteiger partial charge in [-0.05, 0) is 63.8 Å². The predicted octanol–water partition coefficient (Wildman–Crippen LogP) is 3.80. The Hall–Kier alpha value is -4.66. The third kappa shape index (κ3) is 4.95. The molecule has 0 saturated carbocycles. The molecule has 0 radical (unpaired) electrons. The molecule has 0 bridgehead atoms. The van der Waals surface area contributed by atoms with Crippen molar-refractivity contribution in [1.29, 1.82) is 5.26 Å². The number of aryl methyl sites for hydroxylation is 1. The Kier molecular flexibility index (Phi) is 6.83. The van der Waals surface area contributed by atoms with Crippen molar-refractivity contribution in [3.8, 4) is 23.1 Å². The van der Waals surface area contributed by atoms with Crippen LogP contribution in [0.4, 0.5) is 11.5 Å². The second-order valence-corrected chi connectivity index (χ2v) is 9.15. The van der Waals surface area contributed by atoms with E-state index in [4.69, 9.17) is 4.98 Å². The Balaban J connectivity index is 1.44. The number of aliphatic hydroxyl groups excluding tert-OH is 1. The van der Waals surface area contributed by atoms with E-state index in [1.807, 2.05) is 56.6 Å². The van der Waals surface area contributed by atoms with E-state index in [-0.39, 0.29) is 5.69 Å². The van der Waals surface area contributed by atoms with Gasteiger partial charge < -0.3 is 15.3 Å². The van der Waals surface area contributed by atoms with Crippen LogP contribution in [0.1, 0.15) is 42.6 Å². The van der Waals surface area contributed by atoms with E-state index in [1.165, 1.54) is 0 Å². The summed E-state index contributed by atoms with van der Waals surface area (Å²) in [5.74, 6) is 1.12. The minimum Gasteiger partial charge on any atom is -0.389 e. The van der Waals surface area contributed by atoms with Crippen molar-refractivity contribution in [2.75, 3.05) is 18.9 Å². The van der Waals surface area contributed by atoms with Gasteiger partial charge in [-0.15, -0.1) is 5.10 Å². The fourth-order valence-corrected chi connectivity index (χ4v) is 4.15. The molecule has 0 spiro atoms. The average Bonchev–Trinajstić information content (AvgIpc) is 3.52. The fourth-order valence-electron chi connectivity index (χ4n) is 4.15. The monoisotopic (exact) mass is 508 g/mol. The molecule has 1 atom stereocenters. The van der Waals surface area contributed by atoms with Gasteiger partial charge in [-0.3, -0.25) is 0 Å². The minimum atomic E-state index is -0.761. The third-order valence-corrected chi connectivity index (χ3v) is 6.31. The average molecular weight is 509 g/mol. The van der Waals surface area contributed by atoms with Crippen molar-refractivity contribution in [3.05, 3.63) is 77.5 Å². The van der Waals surface area contributed by atoms with Crippen LogP contribution in [-0.4, -0.2) is 58.2 Å². The quantitative estimate of drug-likeness (QED) is 0.321. The van der Waals surface area contributed by atoms with Gasteiger partial charge >= 0.3 is 0 Å². The van der Waals surface area contributed by atoms with Crippen molar-refractivity contribution in [3.63, 3.8) is 0 Å². The molecule has 11 nitrogen and oxygen atoms in total. The zero-order valence-corrected chi connectivity index (χ0v) is 21.7. The highest BCUT2D eigenvalue weighted by atomic mass is 16.3. The summed E-state index contributed by atoms with van der Waals surface area (Å²) in [6.45, 7) is 7.32. The number of fused-ring (bicyclic) bond motifs is 1. The van der Waals surface area contributed by atoms with Gasteiger partial charge in [0.05, 0.1) is 41.1 Å². The largest absolute Gasteiger partial charge is 0.389 e. The van der Waals surface area contributed by atoms with Gasteiger partial charge in [-0.2, -0.15) is 20.6 Å². The number of pyridine rings is 2. The summed E-state index contributed by atoms with van der Waals surface area (Å²) in [6.07, 6.45) is 2.87. The molecule has 0 aliphatic heterocycles. The van der Waals surface area contributed by atoms with Gasteiger partial charge in [0.1, 0.15) is 6.07 Å². The Labute approximate surface area is 220 Å². The molecule has 2 N–H and O–H groups in total. The van der Waals surface area contributed by atoms with Crippen LogP contribution in [0.3, 0.4) is 0 Å². The lowest BCUT2D eigenvalue weighted by Crippen LogP contribution is -2.17. The number of hydrogen-bond donors (Lipinski definition) is 2. The van der Waals surface area contributed by atoms with E-state index in [1.54, 1.807) is 28.4 Å². The van der Waals surface area contributed by atoms with Crippen LogP contribution in [0.15, 0.2) is 54.9 Å².